The number of rotatable bonds is 8. The number of alkyl halides is 3. The minimum absolute atomic E-state index is 0.00765. The van der Waals surface area contributed by atoms with E-state index in [2.05, 4.69) is 15.5 Å². The minimum Gasteiger partial charge on any atom is -0.424 e. The van der Waals surface area contributed by atoms with E-state index in [0.717, 1.165) is 30.2 Å². The first-order chi connectivity index (χ1) is 21.8. The number of carbonyl (C=O) groups excluding carboxylic acids is 2. The Labute approximate surface area is 270 Å². The van der Waals surface area contributed by atoms with Gasteiger partial charge in [0.2, 0.25) is 5.89 Å². The zero-order chi connectivity index (χ0) is 33.2. The second-order valence-corrected chi connectivity index (χ2v) is 11.1. The van der Waals surface area contributed by atoms with Crippen molar-refractivity contribution in [3.63, 3.8) is 0 Å². The van der Waals surface area contributed by atoms with Gasteiger partial charge < -0.3 is 14.6 Å². The van der Waals surface area contributed by atoms with Gasteiger partial charge in [0, 0.05) is 13.3 Å². The zero-order valence-electron chi connectivity index (χ0n) is 24.1. The lowest BCUT2D eigenvalue weighted by molar-refractivity contribution is -0.137. The van der Waals surface area contributed by atoms with Gasteiger partial charge in [0.25, 0.3) is 5.91 Å². The van der Waals surface area contributed by atoms with E-state index in [0.29, 0.717) is 22.5 Å². The van der Waals surface area contributed by atoms with Crippen molar-refractivity contribution in [1.82, 2.24) is 15.5 Å². The van der Waals surface area contributed by atoms with Crippen molar-refractivity contribution in [1.29, 1.82) is 0 Å². The number of hydrogen-bond donors (Lipinski definition) is 1. The summed E-state index contributed by atoms with van der Waals surface area (Å²) >= 11 is 12.4. The first kappa shape index (κ1) is 32.6. The molecule has 1 N–H and O–H groups in total. The predicted octanol–water partition coefficient (Wildman–Crippen LogP) is 8.82. The zero-order valence-corrected chi connectivity index (χ0v) is 25.6. The summed E-state index contributed by atoms with van der Waals surface area (Å²) in [6, 6.07) is 17.8. The summed E-state index contributed by atoms with van der Waals surface area (Å²) in [5, 5.41) is 6.53. The average molecular weight is 672 g/mol. The average Bonchev–Trinajstić information content (AvgIpc) is 3.45. The van der Waals surface area contributed by atoms with E-state index < -0.39 is 35.5 Å². The fourth-order valence-corrected chi connectivity index (χ4v) is 5.10. The number of nitrogens with zero attached hydrogens (tertiary/aromatic N) is 2. The van der Waals surface area contributed by atoms with Crippen molar-refractivity contribution < 1.29 is 36.4 Å². The van der Waals surface area contributed by atoms with Gasteiger partial charge in [-0.1, -0.05) is 70.8 Å². The highest BCUT2D eigenvalue weighted by molar-refractivity contribution is 6.33. The molecule has 1 heterocycles. The lowest BCUT2D eigenvalue weighted by Gasteiger charge is -2.18. The number of ether oxygens (including phenoxy) is 1. The molecule has 5 aromatic rings. The third-order valence-electron chi connectivity index (χ3n) is 6.87. The van der Waals surface area contributed by atoms with Crippen LogP contribution in [0.2, 0.25) is 10.0 Å². The standard InChI is InChI=1S/C33H23Cl2F4N3O4/c1-17-40-32(46-42-17)29(13-19-3-5-20(6-4-19)22-9-12-28(36)26(34)15-22)41-31(44)25-14-23(16-27(35)30(25)45-18(2)43)21-7-10-24(11-8-21)33(37,38)39/h3-12,14-16,29H,13H2,1-2H3,(H,41,44). The van der Waals surface area contributed by atoms with Crippen LogP contribution in [0.5, 0.6) is 5.75 Å². The second kappa shape index (κ2) is 13.3. The van der Waals surface area contributed by atoms with Crippen molar-refractivity contribution in [3.8, 4) is 28.0 Å². The molecule has 0 saturated heterocycles. The maximum atomic E-state index is 13.8. The predicted molar refractivity (Wildman–Crippen MR) is 163 cm³/mol. The highest BCUT2D eigenvalue weighted by atomic mass is 35.5. The van der Waals surface area contributed by atoms with Gasteiger partial charge in [0.15, 0.2) is 11.6 Å². The van der Waals surface area contributed by atoms with Crippen LogP contribution in [0, 0.1) is 12.7 Å². The molecule has 0 aliphatic rings. The van der Waals surface area contributed by atoms with E-state index in [-0.39, 0.29) is 33.7 Å². The second-order valence-electron chi connectivity index (χ2n) is 10.2. The Bertz CT molecular complexity index is 1910. The highest BCUT2D eigenvalue weighted by Crippen LogP contribution is 2.37. The fourth-order valence-electron chi connectivity index (χ4n) is 4.66. The van der Waals surface area contributed by atoms with Gasteiger partial charge in [-0.05, 0) is 71.1 Å². The topological polar surface area (TPSA) is 94.3 Å². The molecule has 13 heteroatoms. The van der Waals surface area contributed by atoms with Gasteiger partial charge in [-0.3, -0.25) is 9.59 Å². The Morgan fingerprint density at radius 1 is 0.891 bits per heavy atom. The molecule has 0 saturated carbocycles. The number of benzene rings is 4. The molecule has 0 aliphatic heterocycles. The number of aromatic nitrogens is 2. The third-order valence-corrected chi connectivity index (χ3v) is 7.44. The molecular weight excluding hydrogens is 649 g/mol. The van der Waals surface area contributed by atoms with Gasteiger partial charge in [-0.25, -0.2) is 4.39 Å². The van der Waals surface area contributed by atoms with Gasteiger partial charge in [-0.15, -0.1) is 0 Å². The molecule has 0 aliphatic carbocycles. The molecule has 1 aromatic heterocycles. The Balaban J connectivity index is 1.47. The SMILES string of the molecule is CC(=O)Oc1c(Cl)cc(-c2ccc(C(F)(F)F)cc2)cc1C(=O)NC(Cc1ccc(-c2ccc(F)c(Cl)c2)cc1)c1nc(C)no1. The molecule has 7 nitrogen and oxygen atoms in total. The van der Waals surface area contributed by atoms with Crippen molar-refractivity contribution in [2.45, 2.75) is 32.5 Å². The molecule has 0 radical (unpaired) electrons. The number of aryl methyl sites for hydroxylation is 1. The Kier molecular flexibility index (Phi) is 9.45. The van der Waals surface area contributed by atoms with Gasteiger partial charge in [-0.2, -0.15) is 18.2 Å². The maximum Gasteiger partial charge on any atom is 0.416 e. The molecule has 1 unspecified atom stereocenters. The fraction of sp³-hybridized carbons (Fsp3) is 0.152. The molecule has 0 spiro atoms. The smallest absolute Gasteiger partial charge is 0.416 e. The Morgan fingerprint density at radius 2 is 1.50 bits per heavy atom. The van der Waals surface area contributed by atoms with E-state index in [1.165, 1.54) is 36.4 Å². The number of halogens is 6. The number of nitrogens with one attached hydrogen (secondary N) is 1. The number of esters is 1. The van der Waals surface area contributed by atoms with E-state index in [4.69, 9.17) is 32.5 Å². The van der Waals surface area contributed by atoms with Crippen molar-refractivity contribution >= 4 is 35.1 Å². The van der Waals surface area contributed by atoms with Gasteiger partial charge in [0.05, 0.1) is 21.2 Å². The summed E-state index contributed by atoms with van der Waals surface area (Å²) in [6.07, 6.45) is -4.34. The number of amides is 1. The van der Waals surface area contributed by atoms with Crippen molar-refractivity contribution in [3.05, 3.63) is 123 Å². The number of carbonyl (C=O) groups is 2. The van der Waals surface area contributed by atoms with Crippen LogP contribution in [0.15, 0.2) is 83.4 Å². The Morgan fingerprint density at radius 3 is 2.09 bits per heavy atom. The van der Waals surface area contributed by atoms with Crippen LogP contribution in [0.3, 0.4) is 0 Å². The van der Waals surface area contributed by atoms with Gasteiger partial charge in [0.1, 0.15) is 11.9 Å². The maximum absolute atomic E-state index is 13.8. The first-order valence-electron chi connectivity index (χ1n) is 13.6. The Hall–Kier alpha value is -4.74. The summed E-state index contributed by atoms with van der Waals surface area (Å²) in [4.78, 5) is 30.0. The molecule has 0 bridgehead atoms. The van der Waals surface area contributed by atoms with Crippen LogP contribution in [-0.2, 0) is 17.4 Å². The molecule has 1 amide bonds. The normalized spacial score (nSPS) is 12.1. The highest BCUT2D eigenvalue weighted by Gasteiger charge is 2.30. The van der Waals surface area contributed by atoms with Crippen LogP contribution in [-0.4, -0.2) is 22.0 Å². The van der Waals surface area contributed by atoms with Crippen molar-refractivity contribution in [2.75, 3.05) is 0 Å². The molecule has 236 valence electrons. The molecular formula is C33H23Cl2F4N3O4. The number of hydrogen-bond acceptors (Lipinski definition) is 6. The van der Waals surface area contributed by atoms with Crippen LogP contribution in [0.1, 0.15) is 46.2 Å². The van der Waals surface area contributed by atoms with Crippen LogP contribution >= 0.6 is 23.2 Å². The lowest BCUT2D eigenvalue weighted by Crippen LogP contribution is -2.31. The van der Waals surface area contributed by atoms with Crippen LogP contribution in [0.4, 0.5) is 17.6 Å². The summed E-state index contributed by atoms with van der Waals surface area (Å²) < 4.78 is 63.6. The molecule has 0 fully saturated rings. The molecule has 46 heavy (non-hydrogen) atoms. The van der Waals surface area contributed by atoms with E-state index in [9.17, 15) is 27.2 Å². The summed E-state index contributed by atoms with van der Waals surface area (Å²) in [6.45, 7) is 2.75. The van der Waals surface area contributed by atoms with E-state index in [1.54, 1.807) is 25.1 Å². The largest absolute Gasteiger partial charge is 0.424 e. The van der Waals surface area contributed by atoms with Crippen molar-refractivity contribution in [2.24, 2.45) is 0 Å². The molecule has 1 atom stereocenters. The summed E-state index contributed by atoms with van der Waals surface area (Å²) in [5.74, 6) is -1.82. The molecule has 4 aromatic carbocycles. The third kappa shape index (κ3) is 7.55. The quantitative estimate of drug-likeness (QED) is 0.101. The lowest BCUT2D eigenvalue weighted by atomic mass is 9.99. The van der Waals surface area contributed by atoms with Crippen LogP contribution < -0.4 is 10.1 Å². The van der Waals surface area contributed by atoms with E-state index >= 15 is 0 Å². The van der Waals surface area contributed by atoms with Gasteiger partial charge >= 0.3 is 12.1 Å². The van der Waals surface area contributed by atoms with E-state index in [1.807, 2.05) is 12.1 Å². The minimum atomic E-state index is -4.53. The summed E-state index contributed by atoms with van der Waals surface area (Å²) in [7, 11) is 0. The molecule has 5 rings (SSSR count). The monoisotopic (exact) mass is 671 g/mol. The summed E-state index contributed by atoms with van der Waals surface area (Å²) in [5.41, 5.74) is 1.89. The van der Waals surface area contributed by atoms with Crippen LogP contribution in [0.25, 0.3) is 22.3 Å². The first-order valence-corrected chi connectivity index (χ1v) is 14.4.